The minimum Gasteiger partial charge on any atom is -0.497 e. The molecule has 1 aliphatic heterocycles. The number of allylic oxidation sites excluding steroid dienone is 1. The first kappa shape index (κ1) is 28.1. The Morgan fingerprint density at radius 3 is 2.27 bits per heavy atom. The first-order valence-corrected chi connectivity index (χ1v) is 13.9. The van der Waals surface area contributed by atoms with E-state index in [9.17, 15) is 14.4 Å². The number of methoxy groups -OCH3 is 1. The Hall–Kier alpha value is -4.47. The first-order chi connectivity index (χ1) is 19.8. The number of fused-ring (bicyclic) bond motifs is 1. The van der Waals surface area contributed by atoms with Crippen molar-refractivity contribution in [2.75, 3.05) is 13.7 Å². The predicted octanol–water partition coefficient (Wildman–Crippen LogP) is 4.68. The minimum absolute atomic E-state index is 0.195. The van der Waals surface area contributed by atoms with Crippen molar-refractivity contribution in [1.82, 2.24) is 4.57 Å². The van der Waals surface area contributed by atoms with Gasteiger partial charge >= 0.3 is 11.9 Å². The standard InChI is InChI=1S/C31H25ClN2O6S/c1-4-39-30(37)26-18(2)33-31-34(27(26)20-9-15-23(38-3)16-10-20)28(35)25(41-31)17-19-5-13-24(14-6-19)40-29(36)21-7-11-22(32)12-8-21/h5-17,27H,4H2,1-3H3/b25-17+. The molecule has 1 aromatic heterocycles. The Labute approximate surface area is 244 Å². The number of nitrogens with zero attached hydrogens (tertiary/aromatic N) is 2. The molecule has 0 spiro atoms. The Morgan fingerprint density at radius 1 is 0.976 bits per heavy atom. The van der Waals surface area contributed by atoms with E-state index in [1.807, 2.05) is 12.1 Å². The Balaban J connectivity index is 1.50. The van der Waals surface area contributed by atoms with Crippen LogP contribution in [0.1, 0.15) is 41.4 Å². The van der Waals surface area contributed by atoms with Crippen molar-refractivity contribution in [2.24, 2.45) is 4.99 Å². The van der Waals surface area contributed by atoms with Crippen LogP contribution in [0.2, 0.25) is 5.02 Å². The summed E-state index contributed by atoms with van der Waals surface area (Å²) in [4.78, 5) is 44.3. The summed E-state index contributed by atoms with van der Waals surface area (Å²) in [5.74, 6) is -0.0128. The third kappa shape index (κ3) is 5.86. The predicted molar refractivity (Wildman–Crippen MR) is 156 cm³/mol. The van der Waals surface area contributed by atoms with Gasteiger partial charge in [-0.1, -0.05) is 47.2 Å². The Bertz CT molecular complexity index is 1820. The average molecular weight is 589 g/mol. The van der Waals surface area contributed by atoms with Crippen molar-refractivity contribution in [2.45, 2.75) is 19.9 Å². The van der Waals surface area contributed by atoms with E-state index in [0.717, 1.165) is 11.1 Å². The van der Waals surface area contributed by atoms with Crippen LogP contribution in [0.25, 0.3) is 6.08 Å². The SMILES string of the molecule is CCOC(=O)C1=C(C)N=c2s/c(=C/c3ccc(OC(=O)c4ccc(Cl)cc4)cc3)c(=O)n2C1c1ccc(OC)cc1. The van der Waals surface area contributed by atoms with Crippen molar-refractivity contribution in [3.63, 3.8) is 0 Å². The quantitative estimate of drug-likeness (QED) is 0.230. The molecule has 0 fully saturated rings. The monoisotopic (exact) mass is 588 g/mol. The van der Waals surface area contributed by atoms with Crippen LogP contribution in [-0.4, -0.2) is 30.2 Å². The molecular weight excluding hydrogens is 564 g/mol. The van der Waals surface area contributed by atoms with Crippen LogP contribution in [0, 0.1) is 0 Å². The second kappa shape index (κ2) is 12.0. The van der Waals surface area contributed by atoms with Crippen molar-refractivity contribution < 1.29 is 23.8 Å². The molecule has 1 atom stereocenters. The van der Waals surface area contributed by atoms with Gasteiger partial charge in [0.05, 0.1) is 41.1 Å². The molecule has 208 valence electrons. The molecule has 0 amide bonds. The van der Waals surface area contributed by atoms with Gasteiger partial charge in [-0.15, -0.1) is 0 Å². The topological polar surface area (TPSA) is 96.2 Å². The second-order valence-electron chi connectivity index (χ2n) is 9.04. The third-order valence-corrected chi connectivity index (χ3v) is 7.65. The molecule has 5 rings (SSSR count). The summed E-state index contributed by atoms with van der Waals surface area (Å²) in [7, 11) is 1.57. The minimum atomic E-state index is -0.715. The molecule has 0 N–H and O–H groups in total. The van der Waals surface area contributed by atoms with E-state index in [1.165, 1.54) is 15.9 Å². The summed E-state index contributed by atoms with van der Waals surface area (Å²) in [6, 6.07) is 19.7. The highest BCUT2D eigenvalue weighted by Gasteiger charge is 2.33. The number of ether oxygens (including phenoxy) is 3. The van der Waals surface area contributed by atoms with Crippen LogP contribution >= 0.6 is 22.9 Å². The van der Waals surface area contributed by atoms with Gasteiger partial charge in [0.2, 0.25) is 0 Å². The van der Waals surface area contributed by atoms with Crippen LogP contribution in [0.15, 0.2) is 93.9 Å². The third-order valence-electron chi connectivity index (χ3n) is 6.42. The maximum Gasteiger partial charge on any atom is 0.343 e. The zero-order valence-corrected chi connectivity index (χ0v) is 24.0. The number of thiazole rings is 1. The number of rotatable bonds is 7. The maximum absolute atomic E-state index is 13.8. The van der Waals surface area contributed by atoms with Gasteiger partial charge in [0.1, 0.15) is 11.5 Å². The molecule has 0 bridgehead atoms. The molecule has 1 unspecified atom stereocenters. The van der Waals surface area contributed by atoms with Gasteiger partial charge < -0.3 is 14.2 Å². The smallest absolute Gasteiger partial charge is 0.343 e. The van der Waals surface area contributed by atoms with E-state index in [1.54, 1.807) is 87.7 Å². The number of esters is 2. The highest BCUT2D eigenvalue weighted by molar-refractivity contribution is 7.07. The highest BCUT2D eigenvalue weighted by atomic mass is 35.5. The molecule has 10 heteroatoms. The normalized spacial score (nSPS) is 14.7. The van der Waals surface area contributed by atoms with Gasteiger partial charge in [-0.3, -0.25) is 9.36 Å². The van der Waals surface area contributed by atoms with Gasteiger partial charge in [0.25, 0.3) is 5.56 Å². The van der Waals surface area contributed by atoms with Gasteiger partial charge in [-0.05, 0) is 79.6 Å². The molecule has 2 heterocycles. The summed E-state index contributed by atoms with van der Waals surface area (Å²) < 4.78 is 18.0. The lowest BCUT2D eigenvalue weighted by Gasteiger charge is -2.24. The lowest BCUT2D eigenvalue weighted by molar-refractivity contribution is -0.139. The zero-order valence-electron chi connectivity index (χ0n) is 22.4. The summed E-state index contributed by atoms with van der Waals surface area (Å²) in [5.41, 5.74) is 2.34. The van der Waals surface area contributed by atoms with Gasteiger partial charge in [0.15, 0.2) is 4.80 Å². The van der Waals surface area contributed by atoms with E-state index in [4.69, 9.17) is 25.8 Å². The van der Waals surface area contributed by atoms with Crippen molar-refractivity contribution in [3.05, 3.63) is 125 Å². The molecule has 0 radical (unpaired) electrons. The molecule has 8 nitrogen and oxygen atoms in total. The number of hydrogen-bond acceptors (Lipinski definition) is 8. The lowest BCUT2D eigenvalue weighted by Crippen LogP contribution is -2.39. The lowest BCUT2D eigenvalue weighted by atomic mass is 9.96. The summed E-state index contributed by atoms with van der Waals surface area (Å²) in [5, 5.41) is 0.527. The van der Waals surface area contributed by atoms with Gasteiger partial charge in [0, 0.05) is 5.02 Å². The van der Waals surface area contributed by atoms with Crippen LogP contribution in [0.5, 0.6) is 11.5 Å². The van der Waals surface area contributed by atoms with Crippen LogP contribution in [0.4, 0.5) is 0 Å². The molecule has 3 aromatic carbocycles. The fraction of sp³-hybridized carbons (Fsp3) is 0.161. The molecule has 0 saturated carbocycles. The molecular formula is C31H25ClN2O6S. The summed E-state index contributed by atoms with van der Waals surface area (Å²) in [6.07, 6.45) is 1.74. The van der Waals surface area contributed by atoms with E-state index in [0.29, 0.717) is 42.7 Å². The molecule has 41 heavy (non-hydrogen) atoms. The molecule has 0 saturated heterocycles. The Morgan fingerprint density at radius 2 is 1.63 bits per heavy atom. The van der Waals surface area contributed by atoms with Crippen molar-refractivity contribution in [1.29, 1.82) is 0 Å². The van der Waals surface area contributed by atoms with Crippen molar-refractivity contribution in [3.8, 4) is 11.5 Å². The number of hydrogen-bond donors (Lipinski definition) is 0. The Kier molecular flexibility index (Phi) is 8.19. The van der Waals surface area contributed by atoms with E-state index in [-0.39, 0.29) is 12.2 Å². The fourth-order valence-corrected chi connectivity index (χ4v) is 5.60. The van der Waals surface area contributed by atoms with E-state index in [2.05, 4.69) is 4.99 Å². The van der Waals surface area contributed by atoms with Crippen molar-refractivity contribution >= 4 is 41.0 Å². The average Bonchev–Trinajstić information content (AvgIpc) is 3.27. The largest absolute Gasteiger partial charge is 0.497 e. The number of carbonyl (C=O) groups is 2. The van der Waals surface area contributed by atoms with E-state index >= 15 is 0 Å². The second-order valence-corrected chi connectivity index (χ2v) is 10.5. The molecule has 1 aliphatic rings. The first-order valence-electron chi connectivity index (χ1n) is 12.7. The van der Waals surface area contributed by atoms with Gasteiger partial charge in [-0.2, -0.15) is 0 Å². The number of halogens is 1. The van der Waals surface area contributed by atoms with Gasteiger partial charge in [-0.25, -0.2) is 14.6 Å². The fourth-order valence-electron chi connectivity index (χ4n) is 4.43. The van der Waals surface area contributed by atoms with Crippen LogP contribution in [0.3, 0.4) is 0 Å². The van der Waals surface area contributed by atoms with Crippen LogP contribution in [-0.2, 0) is 9.53 Å². The molecule has 0 aliphatic carbocycles. The number of benzene rings is 3. The zero-order chi connectivity index (χ0) is 29.1. The highest BCUT2D eigenvalue weighted by Crippen LogP contribution is 2.31. The number of aromatic nitrogens is 1. The molecule has 4 aromatic rings. The van der Waals surface area contributed by atoms with E-state index < -0.39 is 18.0 Å². The number of carbonyl (C=O) groups excluding carboxylic acids is 2. The van der Waals surface area contributed by atoms with Crippen LogP contribution < -0.4 is 24.4 Å². The summed E-state index contributed by atoms with van der Waals surface area (Å²) >= 11 is 7.11. The maximum atomic E-state index is 13.8. The summed E-state index contributed by atoms with van der Waals surface area (Å²) in [6.45, 7) is 3.67.